The molecule has 0 spiro atoms. The summed E-state index contributed by atoms with van der Waals surface area (Å²) in [5.41, 5.74) is 2.83. The van der Waals surface area contributed by atoms with E-state index in [0.29, 0.717) is 44.5 Å². The van der Waals surface area contributed by atoms with Gasteiger partial charge >= 0.3 is 0 Å². The van der Waals surface area contributed by atoms with Crippen LogP contribution in [0.5, 0.6) is 5.75 Å². The van der Waals surface area contributed by atoms with E-state index in [4.69, 9.17) is 40.2 Å². The number of hydrogen-bond donors (Lipinski definition) is 0. The highest BCUT2D eigenvalue weighted by Crippen LogP contribution is 2.36. The molecule has 1 fully saturated rings. The molecule has 1 aliphatic heterocycles. The summed E-state index contributed by atoms with van der Waals surface area (Å²) in [5.74, 6) is 0.191. The van der Waals surface area contributed by atoms with Crippen LogP contribution >= 0.6 is 58.0 Å². The van der Waals surface area contributed by atoms with Gasteiger partial charge in [-0.3, -0.25) is 9.69 Å². The second kappa shape index (κ2) is 9.79. The maximum atomic E-state index is 13.1. The molecular formula is C24H17Cl2IN2O2S. The molecule has 3 aromatic carbocycles. The van der Waals surface area contributed by atoms with Crippen LogP contribution in [-0.2, 0) is 11.4 Å². The van der Waals surface area contributed by atoms with Crippen LogP contribution in [0, 0.1) is 3.57 Å². The Morgan fingerprint density at radius 3 is 2.28 bits per heavy atom. The first-order chi connectivity index (χ1) is 15.3. The van der Waals surface area contributed by atoms with Crippen LogP contribution in [0.2, 0.25) is 10.0 Å². The van der Waals surface area contributed by atoms with Crippen molar-refractivity contribution in [2.45, 2.75) is 6.61 Å². The maximum absolute atomic E-state index is 13.1. The van der Waals surface area contributed by atoms with Crippen LogP contribution in [0.15, 0.2) is 72.4 Å². The molecule has 0 atom stereocenters. The minimum Gasteiger partial charge on any atom is -0.486 e. The number of carbonyl (C=O) groups is 1. The normalized spacial score (nSPS) is 15.1. The Balaban J connectivity index is 1.58. The van der Waals surface area contributed by atoms with Gasteiger partial charge in [0.15, 0.2) is 10.9 Å². The van der Waals surface area contributed by atoms with Gasteiger partial charge in [0.1, 0.15) is 12.3 Å². The predicted molar refractivity (Wildman–Crippen MR) is 142 cm³/mol. The van der Waals surface area contributed by atoms with E-state index >= 15 is 0 Å². The molecule has 0 saturated carbocycles. The van der Waals surface area contributed by atoms with Crippen LogP contribution < -0.4 is 9.64 Å². The van der Waals surface area contributed by atoms with Gasteiger partial charge in [-0.15, -0.1) is 0 Å². The van der Waals surface area contributed by atoms with E-state index in [1.54, 1.807) is 30.2 Å². The Kier molecular flexibility index (Phi) is 7.05. The van der Waals surface area contributed by atoms with Crippen molar-refractivity contribution in [2.75, 3.05) is 11.9 Å². The second-order valence-electron chi connectivity index (χ2n) is 7.08. The summed E-state index contributed by atoms with van der Waals surface area (Å²) in [7, 11) is 1.76. The summed E-state index contributed by atoms with van der Waals surface area (Å²) in [6, 6.07) is 20.7. The molecule has 0 bridgehead atoms. The summed E-state index contributed by atoms with van der Waals surface area (Å²) in [4.78, 5) is 16.3. The van der Waals surface area contributed by atoms with Crippen LogP contribution in [0.25, 0.3) is 6.08 Å². The minimum absolute atomic E-state index is 0.213. The molecule has 8 heteroatoms. The number of carbonyl (C=O) groups excluding carboxylic acids is 1. The summed E-state index contributed by atoms with van der Waals surface area (Å²) in [6.45, 7) is 0.346. The van der Waals surface area contributed by atoms with Crippen LogP contribution in [0.3, 0.4) is 0 Å². The third-order valence-electron chi connectivity index (χ3n) is 4.90. The molecule has 0 aromatic heterocycles. The predicted octanol–water partition coefficient (Wildman–Crippen LogP) is 6.78. The zero-order chi connectivity index (χ0) is 22.8. The fraction of sp³-hybridized carbons (Fsp3) is 0.0833. The molecule has 4 rings (SSSR count). The lowest BCUT2D eigenvalue weighted by molar-refractivity contribution is -0.114. The van der Waals surface area contributed by atoms with E-state index in [1.165, 1.54) is 4.90 Å². The molecule has 32 heavy (non-hydrogen) atoms. The van der Waals surface area contributed by atoms with Crippen molar-refractivity contribution < 1.29 is 9.53 Å². The number of thiocarbonyl (C=S) groups is 1. The Morgan fingerprint density at radius 2 is 1.66 bits per heavy atom. The molecule has 162 valence electrons. The molecule has 4 nitrogen and oxygen atoms in total. The number of halogens is 3. The van der Waals surface area contributed by atoms with E-state index < -0.39 is 0 Å². The number of anilines is 1. The monoisotopic (exact) mass is 594 g/mol. The Labute approximate surface area is 215 Å². The molecule has 0 N–H and O–H groups in total. The van der Waals surface area contributed by atoms with Gasteiger partial charge in [-0.1, -0.05) is 53.5 Å². The second-order valence-corrected chi connectivity index (χ2v) is 9.50. The molecule has 0 radical (unpaired) electrons. The third-order valence-corrected chi connectivity index (χ3v) is 6.63. The van der Waals surface area contributed by atoms with E-state index in [-0.39, 0.29) is 5.91 Å². The van der Waals surface area contributed by atoms with Crippen molar-refractivity contribution in [3.05, 3.63) is 97.2 Å². The average molecular weight is 595 g/mol. The highest BCUT2D eigenvalue weighted by Gasteiger charge is 2.36. The number of amides is 1. The van der Waals surface area contributed by atoms with Gasteiger partial charge < -0.3 is 9.64 Å². The maximum Gasteiger partial charge on any atom is 0.281 e. The zero-order valence-corrected chi connectivity index (χ0v) is 21.4. The Morgan fingerprint density at radius 1 is 1.03 bits per heavy atom. The van der Waals surface area contributed by atoms with Gasteiger partial charge in [0.05, 0.1) is 15.7 Å². The first-order valence-electron chi connectivity index (χ1n) is 9.60. The molecule has 1 heterocycles. The van der Waals surface area contributed by atoms with Gasteiger partial charge in [0.2, 0.25) is 0 Å². The average Bonchev–Trinajstić information content (AvgIpc) is 2.98. The quantitative estimate of drug-likeness (QED) is 0.185. The van der Waals surface area contributed by atoms with E-state index in [0.717, 1.165) is 9.13 Å². The Bertz CT molecular complexity index is 1190. The lowest BCUT2D eigenvalue weighted by atomic mass is 10.1. The standard InChI is InChI=1S/C24H17Cl2IN2O2S/c1-28-21(23(30)29(24(28)32)18-5-3-2-4-6-18)13-16-11-19(25)22(20(26)12-16)31-14-15-7-9-17(27)10-8-15/h2-13H,14H2,1H3/b21-13-. The lowest BCUT2D eigenvalue weighted by Gasteiger charge is -2.16. The fourth-order valence-corrected chi connectivity index (χ4v) is 4.52. The topological polar surface area (TPSA) is 32.8 Å². The molecule has 1 saturated heterocycles. The SMILES string of the molecule is CN1C(=S)N(c2ccccc2)C(=O)/C1=C/c1cc(Cl)c(OCc2ccc(I)cc2)c(Cl)c1. The van der Waals surface area contributed by atoms with E-state index in [9.17, 15) is 4.79 Å². The highest BCUT2D eigenvalue weighted by molar-refractivity contribution is 14.1. The number of rotatable bonds is 5. The number of nitrogens with zero attached hydrogens (tertiary/aromatic N) is 2. The molecule has 3 aromatic rings. The van der Waals surface area contributed by atoms with Gasteiger partial charge in [0.25, 0.3) is 5.91 Å². The lowest BCUT2D eigenvalue weighted by Crippen LogP contribution is -2.30. The number of para-hydroxylation sites is 1. The largest absolute Gasteiger partial charge is 0.486 e. The van der Waals surface area contributed by atoms with Crippen molar-refractivity contribution in [2.24, 2.45) is 0 Å². The number of benzene rings is 3. The third kappa shape index (κ3) is 4.78. The summed E-state index contributed by atoms with van der Waals surface area (Å²) >= 11 is 20.7. The van der Waals surface area contributed by atoms with Gasteiger partial charge in [-0.05, 0) is 88.4 Å². The molecule has 1 aliphatic rings. The number of hydrogen-bond acceptors (Lipinski definition) is 3. The molecule has 0 aliphatic carbocycles. The van der Waals surface area contributed by atoms with Crippen molar-refractivity contribution in [3.63, 3.8) is 0 Å². The van der Waals surface area contributed by atoms with Crippen molar-refractivity contribution in [3.8, 4) is 5.75 Å². The first-order valence-corrected chi connectivity index (χ1v) is 11.8. The van der Waals surface area contributed by atoms with Gasteiger partial charge in [-0.25, -0.2) is 0 Å². The highest BCUT2D eigenvalue weighted by atomic mass is 127. The minimum atomic E-state index is -0.213. The van der Waals surface area contributed by atoms with Crippen LogP contribution in [0.1, 0.15) is 11.1 Å². The summed E-state index contributed by atoms with van der Waals surface area (Å²) in [6.07, 6.45) is 1.72. The number of likely N-dealkylation sites (N-methyl/N-ethyl adjacent to an activating group) is 1. The fourth-order valence-electron chi connectivity index (χ4n) is 3.26. The first kappa shape index (κ1) is 23.0. The smallest absolute Gasteiger partial charge is 0.281 e. The summed E-state index contributed by atoms with van der Waals surface area (Å²) in [5, 5.41) is 1.14. The Hall–Kier alpha value is -2.13. The van der Waals surface area contributed by atoms with Crippen molar-refractivity contribution in [1.82, 2.24) is 4.90 Å². The molecule has 0 unspecified atom stereocenters. The molecular weight excluding hydrogens is 578 g/mol. The van der Waals surface area contributed by atoms with Crippen molar-refractivity contribution >= 4 is 80.8 Å². The van der Waals surface area contributed by atoms with Crippen LogP contribution in [-0.4, -0.2) is 23.0 Å². The van der Waals surface area contributed by atoms with Crippen LogP contribution in [0.4, 0.5) is 5.69 Å². The summed E-state index contributed by atoms with van der Waals surface area (Å²) < 4.78 is 7.01. The number of ether oxygens (including phenoxy) is 1. The van der Waals surface area contributed by atoms with Crippen molar-refractivity contribution in [1.29, 1.82) is 0 Å². The molecule has 1 amide bonds. The van der Waals surface area contributed by atoms with Gasteiger partial charge in [-0.2, -0.15) is 0 Å². The van der Waals surface area contributed by atoms with E-state index in [1.807, 2.05) is 54.6 Å². The van der Waals surface area contributed by atoms with Gasteiger partial charge in [0, 0.05) is 10.6 Å². The zero-order valence-electron chi connectivity index (χ0n) is 16.9. The van der Waals surface area contributed by atoms with E-state index in [2.05, 4.69) is 22.6 Å².